The molecule has 4 heteroatoms. The topological polar surface area (TPSA) is 29.1 Å². The number of benzene rings is 1. The Labute approximate surface area is 134 Å². The van der Waals surface area contributed by atoms with Crippen LogP contribution in [0.3, 0.4) is 0 Å². The van der Waals surface area contributed by atoms with Gasteiger partial charge >= 0.3 is 0 Å². The van der Waals surface area contributed by atoms with Crippen molar-refractivity contribution in [2.45, 2.75) is 50.9 Å². The molecule has 1 aliphatic carbocycles. The molecule has 2 nitrogen and oxygen atoms in total. The van der Waals surface area contributed by atoms with Crippen molar-refractivity contribution in [3.8, 4) is 0 Å². The molecule has 1 aliphatic rings. The van der Waals surface area contributed by atoms with Gasteiger partial charge in [-0.1, -0.05) is 35.0 Å². The molecule has 0 saturated heterocycles. The van der Waals surface area contributed by atoms with Crippen molar-refractivity contribution in [3.05, 3.63) is 34.3 Å². The Morgan fingerprint density at radius 3 is 2.40 bits per heavy atom. The van der Waals surface area contributed by atoms with Crippen molar-refractivity contribution in [2.24, 2.45) is 5.41 Å². The van der Waals surface area contributed by atoms with Crippen LogP contribution in [0.5, 0.6) is 0 Å². The van der Waals surface area contributed by atoms with Crippen LogP contribution in [0.25, 0.3) is 0 Å². The van der Waals surface area contributed by atoms with Gasteiger partial charge in [-0.05, 0) is 50.8 Å². The predicted octanol–water partition coefficient (Wildman–Crippen LogP) is 4.81. The highest BCUT2D eigenvalue weighted by Crippen LogP contribution is 2.54. The van der Waals surface area contributed by atoms with Crippen LogP contribution in [0.4, 0.5) is 0 Å². The number of halogens is 2. The van der Waals surface area contributed by atoms with Gasteiger partial charge in [-0.15, -0.1) is 11.6 Å². The van der Waals surface area contributed by atoms with Crippen LogP contribution in [0.1, 0.15) is 51.6 Å². The third kappa shape index (κ3) is 3.20. The van der Waals surface area contributed by atoms with Crippen LogP contribution < -0.4 is 5.32 Å². The standard InChI is InChI=1S/C16H21BrClNO/c1-4-16(9-15(3,18)10-16)14(20)19-11(2)12-5-7-13(17)8-6-12/h5-8,11H,4,9-10H2,1-3H3,(H,19,20)/t11-,15?,16?/m1/s1. The molecule has 20 heavy (non-hydrogen) atoms. The highest BCUT2D eigenvalue weighted by molar-refractivity contribution is 9.10. The first-order valence-corrected chi connectivity index (χ1v) is 8.20. The summed E-state index contributed by atoms with van der Waals surface area (Å²) >= 11 is 9.72. The minimum atomic E-state index is -0.278. The molecule has 0 radical (unpaired) electrons. The Kier molecular flexibility index (Phi) is 4.50. The van der Waals surface area contributed by atoms with Gasteiger partial charge in [0.25, 0.3) is 0 Å². The lowest BCUT2D eigenvalue weighted by molar-refractivity contribution is -0.138. The van der Waals surface area contributed by atoms with E-state index in [0.29, 0.717) is 0 Å². The molecule has 0 bridgehead atoms. The number of amides is 1. The van der Waals surface area contributed by atoms with Crippen LogP contribution in [0.15, 0.2) is 28.7 Å². The molecular weight excluding hydrogens is 338 g/mol. The monoisotopic (exact) mass is 357 g/mol. The van der Waals surface area contributed by atoms with Gasteiger partial charge in [-0.25, -0.2) is 0 Å². The van der Waals surface area contributed by atoms with Gasteiger partial charge in [0.15, 0.2) is 0 Å². The molecule has 0 aromatic heterocycles. The largest absolute Gasteiger partial charge is 0.349 e. The van der Waals surface area contributed by atoms with E-state index in [1.165, 1.54) is 0 Å². The molecule has 1 atom stereocenters. The Morgan fingerprint density at radius 1 is 1.40 bits per heavy atom. The van der Waals surface area contributed by atoms with Crippen LogP contribution >= 0.6 is 27.5 Å². The molecule has 2 rings (SSSR count). The lowest BCUT2D eigenvalue weighted by Crippen LogP contribution is -2.55. The third-order valence-corrected chi connectivity index (χ3v) is 5.09. The maximum Gasteiger partial charge on any atom is 0.226 e. The van der Waals surface area contributed by atoms with E-state index in [4.69, 9.17) is 11.6 Å². The number of hydrogen-bond donors (Lipinski definition) is 1. The Bertz CT molecular complexity index is 490. The summed E-state index contributed by atoms with van der Waals surface area (Å²) in [6, 6.07) is 8.06. The highest BCUT2D eigenvalue weighted by Gasteiger charge is 2.54. The van der Waals surface area contributed by atoms with E-state index in [1.54, 1.807) is 0 Å². The summed E-state index contributed by atoms with van der Waals surface area (Å²) < 4.78 is 1.04. The van der Waals surface area contributed by atoms with Gasteiger partial charge in [0.2, 0.25) is 5.91 Å². The molecule has 1 amide bonds. The van der Waals surface area contributed by atoms with Gasteiger partial charge in [-0.2, -0.15) is 0 Å². The van der Waals surface area contributed by atoms with Crippen LogP contribution in [0.2, 0.25) is 0 Å². The summed E-state index contributed by atoms with van der Waals surface area (Å²) in [5, 5.41) is 3.13. The van der Waals surface area contributed by atoms with Gasteiger partial charge in [-0.3, -0.25) is 4.79 Å². The average molecular weight is 359 g/mol. The molecule has 1 saturated carbocycles. The molecule has 0 heterocycles. The highest BCUT2D eigenvalue weighted by atomic mass is 79.9. The van der Waals surface area contributed by atoms with Gasteiger partial charge in [0.05, 0.1) is 11.5 Å². The molecule has 1 aromatic rings. The lowest BCUT2D eigenvalue weighted by Gasteiger charge is -2.50. The molecule has 110 valence electrons. The zero-order chi connectivity index (χ0) is 15.0. The first-order valence-electron chi connectivity index (χ1n) is 7.03. The minimum absolute atomic E-state index is 0.0150. The summed E-state index contributed by atoms with van der Waals surface area (Å²) in [7, 11) is 0. The van der Waals surface area contributed by atoms with Crippen LogP contribution in [-0.4, -0.2) is 10.8 Å². The summed E-state index contributed by atoms with van der Waals surface area (Å²) in [5.74, 6) is 0.133. The molecule has 0 unspecified atom stereocenters. The van der Waals surface area contributed by atoms with E-state index in [0.717, 1.165) is 29.3 Å². The second kappa shape index (κ2) is 5.69. The van der Waals surface area contributed by atoms with Crippen LogP contribution in [0, 0.1) is 5.41 Å². The molecule has 1 aromatic carbocycles. The number of alkyl halides is 1. The van der Waals surface area contributed by atoms with Crippen molar-refractivity contribution in [3.63, 3.8) is 0 Å². The maximum absolute atomic E-state index is 12.5. The van der Waals surface area contributed by atoms with Crippen molar-refractivity contribution in [1.82, 2.24) is 5.32 Å². The summed E-state index contributed by atoms with van der Waals surface area (Å²) in [4.78, 5) is 12.3. The number of hydrogen-bond acceptors (Lipinski definition) is 1. The quantitative estimate of drug-likeness (QED) is 0.769. The number of carbonyl (C=O) groups is 1. The smallest absolute Gasteiger partial charge is 0.226 e. The SMILES string of the molecule is CCC1(C(=O)N[C@H](C)c2ccc(Br)cc2)CC(C)(Cl)C1. The fourth-order valence-corrected chi connectivity index (χ4v) is 3.89. The van der Waals surface area contributed by atoms with E-state index in [1.807, 2.05) is 38.1 Å². The van der Waals surface area contributed by atoms with E-state index < -0.39 is 0 Å². The summed E-state index contributed by atoms with van der Waals surface area (Å²) in [6.07, 6.45) is 2.36. The number of rotatable bonds is 4. The molecule has 1 N–H and O–H groups in total. The van der Waals surface area contributed by atoms with Gasteiger partial charge in [0, 0.05) is 9.35 Å². The summed E-state index contributed by atoms with van der Waals surface area (Å²) in [5.41, 5.74) is 0.834. The zero-order valence-corrected chi connectivity index (χ0v) is 14.5. The molecule has 1 fully saturated rings. The first kappa shape index (κ1) is 15.8. The van der Waals surface area contributed by atoms with Crippen molar-refractivity contribution in [1.29, 1.82) is 0 Å². The molecule has 0 aliphatic heterocycles. The lowest BCUT2D eigenvalue weighted by atomic mass is 9.60. The Morgan fingerprint density at radius 2 is 1.95 bits per heavy atom. The van der Waals surface area contributed by atoms with Crippen molar-refractivity contribution in [2.75, 3.05) is 0 Å². The third-order valence-electron chi connectivity index (χ3n) is 4.29. The fraction of sp³-hybridized carbons (Fsp3) is 0.562. The second-order valence-electron chi connectivity index (χ2n) is 6.15. The van der Waals surface area contributed by atoms with E-state index in [9.17, 15) is 4.79 Å². The second-order valence-corrected chi connectivity index (χ2v) is 7.98. The van der Waals surface area contributed by atoms with Gasteiger partial charge < -0.3 is 5.32 Å². The zero-order valence-electron chi connectivity index (χ0n) is 12.2. The van der Waals surface area contributed by atoms with Gasteiger partial charge in [0.1, 0.15) is 0 Å². The molecular formula is C16H21BrClNO. The maximum atomic E-state index is 12.5. The number of carbonyl (C=O) groups excluding carboxylic acids is 1. The van der Waals surface area contributed by atoms with Crippen LogP contribution in [-0.2, 0) is 4.79 Å². The van der Waals surface area contributed by atoms with E-state index >= 15 is 0 Å². The Hall–Kier alpha value is -0.540. The first-order chi connectivity index (χ1) is 9.28. The van der Waals surface area contributed by atoms with Crippen molar-refractivity contribution >= 4 is 33.4 Å². The van der Waals surface area contributed by atoms with E-state index in [-0.39, 0.29) is 22.2 Å². The Balaban J connectivity index is 2.02. The van der Waals surface area contributed by atoms with Crippen molar-refractivity contribution < 1.29 is 4.79 Å². The molecule has 0 spiro atoms. The fourth-order valence-electron chi connectivity index (χ4n) is 3.11. The minimum Gasteiger partial charge on any atom is -0.349 e. The van der Waals surface area contributed by atoms with E-state index in [2.05, 4.69) is 28.2 Å². The normalized spacial score (nSPS) is 30.4. The average Bonchev–Trinajstić information content (AvgIpc) is 2.35. The number of nitrogens with one attached hydrogen (secondary N) is 1. The summed E-state index contributed by atoms with van der Waals surface area (Å²) in [6.45, 7) is 6.09. The predicted molar refractivity (Wildman–Crippen MR) is 86.9 cm³/mol.